The van der Waals surface area contributed by atoms with E-state index in [9.17, 15) is 0 Å². The van der Waals surface area contributed by atoms with Crippen molar-refractivity contribution in [1.82, 2.24) is 5.32 Å². The summed E-state index contributed by atoms with van der Waals surface area (Å²) < 4.78 is 0. The number of hydrogen-bond donors (Lipinski definition) is 1. The van der Waals surface area contributed by atoms with E-state index >= 15 is 0 Å². The maximum Gasteiger partial charge on any atom is 0.0161 e. The van der Waals surface area contributed by atoms with Crippen molar-refractivity contribution in [3.63, 3.8) is 0 Å². The molecule has 18 heavy (non-hydrogen) atoms. The Morgan fingerprint density at radius 3 is 2.33 bits per heavy atom. The van der Waals surface area contributed by atoms with Gasteiger partial charge in [-0.2, -0.15) is 0 Å². The molecule has 0 radical (unpaired) electrons. The van der Waals surface area contributed by atoms with Gasteiger partial charge in [-0.3, -0.25) is 0 Å². The predicted molar refractivity (Wildman–Crippen MR) is 82.8 cm³/mol. The van der Waals surface area contributed by atoms with E-state index in [4.69, 9.17) is 0 Å². The number of nitrogens with one attached hydrogen (secondary N) is 1. The van der Waals surface area contributed by atoms with Crippen LogP contribution in [0.5, 0.6) is 0 Å². The second-order valence-corrected chi connectivity index (χ2v) is 4.00. The molecule has 1 aromatic rings. The molecule has 0 spiro atoms. The lowest BCUT2D eigenvalue weighted by atomic mass is 10.2. The predicted octanol–water partition coefficient (Wildman–Crippen LogP) is 4.14. The molecule has 0 fully saturated rings. The van der Waals surface area contributed by atoms with Crippen LogP contribution < -0.4 is 5.32 Å². The van der Waals surface area contributed by atoms with Crippen LogP contribution >= 0.6 is 0 Å². The number of likely N-dealkylation sites (N-methyl/N-ethyl adjacent to an activating group) is 1. The summed E-state index contributed by atoms with van der Waals surface area (Å²) in [5.41, 5.74) is 2.73. The van der Waals surface area contributed by atoms with Gasteiger partial charge in [-0.05, 0) is 26.0 Å². The lowest BCUT2D eigenvalue weighted by Crippen LogP contribution is -2.08. The second kappa shape index (κ2) is 11.9. The highest BCUT2D eigenvalue weighted by atomic mass is 14.8. The molecule has 1 N–H and O–H groups in total. The molecule has 0 bridgehead atoms. The van der Waals surface area contributed by atoms with Crippen LogP contribution in [-0.4, -0.2) is 13.6 Å². The van der Waals surface area contributed by atoms with E-state index in [0.29, 0.717) is 0 Å². The van der Waals surface area contributed by atoms with Crippen LogP contribution in [0.2, 0.25) is 0 Å². The Morgan fingerprint density at radius 1 is 1.22 bits per heavy atom. The van der Waals surface area contributed by atoms with Gasteiger partial charge in [-0.25, -0.2) is 0 Å². The molecule has 1 heteroatoms. The Hall–Kier alpha value is -1.60. The first-order valence-corrected chi connectivity index (χ1v) is 6.38. The fourth-order valence-electron chi connectivity index (χ4n) is 1.35. The van der Waals surface area contributed by atoms with Crippen LogP contribution in [-0.2, 0) is 6.42 Å². The highest BCUT2D eigenvalue weighted by molar-refractivity contribution is 5.15. The molecule has 0 heterocycles. The summed E-state index contributed by atoms with van der Waals surface area (Å²) in [5.74, 6) is 0. The smallest absolute Gasteiger partial charge is 0.0161 e. The van der Waals surface area contributed by atoms with Gasteiger partial charge in [0.05, 0.1) is 0 Å². The zero-order valence-electron chi connectivity index (χ0n) is 11.8. The zero-order valence-corrected chi connectivity index (χ0v) is 11.8. The minimum absolute atomic E-state index is 0.946. The number of allylic oxidation sites excluding steroid dienone is 4. The highest BCUT2D eigenvalue weighted by Crippen LogP contribution is 1.96. The number of aryl methyl sites for hydroxylation is 1. The van der Waals surface area contributed by atoms with E-state index in [1.54, 1.807) is 6.08 Å². The number of hydrogen-bond acceptors (Lipinski definition) is 1. The summed E-state index contributed by atoms with van der Waals surface area (Å²) in [6, 6.07) is 10.5. The van der Waals surface area contributed by atoms with Crippen molar-refractivity contribution >= 4 is 0 Å². The molecule has 0 aliphatic carbocycles. The van der Waals surface area contributed by atoms with E-state index in [0.717, 1.165) is 13.0 Å². The van der Waals surface area contributed by atoms with Crippen molar-refractivity contribution in [3.8, 4) is 0 Å². The molecule has 98 valence electrons. The van der Waals surface area contributed by atoms with Gasteiger partial charge in [-0.1, -0.05) is 73.7 Å². The van der Waals surface area contributed by atoms with Gasteiger partial charge in [0.15, 0.2) is 0 Å². The third kappa shape index (κ3) is 9.61. The molecule has 0 aromatic heterocycles. The molecule has 0 unspecified atom stereocenters. The lowest BCUT2D eigenvalue weighted by Gasteiger charge is -1.94. The van der Waals surface area contributed by atoms with Crippen LogP contribution in [0.3, 0.4) is 0 Å². The van der Waals surface area contributed by atoms with Crippen molar-refractivity contribution in [2.24, 2.45) is 0 Å². The molecule has 0 saturated heterocycles. The average molecular weight is 243 g/mol. The van der Waals surface area contributed by atoms with Crippen molar-refractivity contribution in [1.29, 1.82) is 0 Å². The Balaban J connectivity index is 0.000000327. The van der Waals surface area contributed by atoms with E-state index in [2.05, 4.69) is 56.1 Å². The molecule has 0 aliphatic rings. The normalized spacial score (nSPS) is 10.9. The largest absolute Gasteiger partial charge is 0.316 e. The van der Waals surface area contributed by atoms with Gasteiger partial charge in [0.2, 0.25) is 0 Å². The highest BCUT2D eigenvalue weighted by Gasteiger charge is 1.80. The first kappa shape index (κ1) is 16.4. The maximum atomic E-state index is 3.57. The Bertz CT molecular complexity index is 360. The number of benzene rings is 1. The molecule has 0 amide bonds. The first-order valence-electron chi connectivity index (χ1n) is 6.38. The standard InChI is InChI=1S/C9H15N.C8H10/c1-4-5-6-7-9(2)8-10-3;1-2-8-6-4-3-5-7-8/h4-7,10H,1,8H2,2-3H3;3-7H,2H2,1H3/b6-5-,9-7+;. The van der Waals surface area contributed by atoms with Crippen molar-refractivity contribution in [3.05, 3.63) is 72.4 Å². The van der Waals surface area contributed by atoms with Crippen LogP contribution in [0.1, 0.15) is 19.4 Å². The van der Waals surface area contributed by atoms with Crippen LogP contribution in [0.15, 0.2) is 66.8 Å². The Labute approximate surface area is 112 Å². The zero-order chi connectivity index (χ0) is 13.6. The lowest BCUT2D eigenvalue weighted by molar-refractivity contribution is 0.880. The summed E-state index contributed by atoms with van der Waals surface area (Å²) in [6.07, 6.45) is 8.88. The SMILES string of the molecule is C=C/C=C\C=C(/C)CNC.CCc1ccccc1. The first-order chi connectivity index (χ1) is 8.74. The summed E-state index contributed by atoms with van der Waals surface area (Å²) in [5, 5.41) is 3.07. The quantitative estimate of drug-likeness (QED) is 0.766. The molecule has 0 aliphatic heterocycles. The third-order valence-electron chi connectivity index (χ3n) is 2.33. The van der Waals surface area contributed by atoms with E-state index in [1.165, 1.54) is 11.1 Å². The minimum atomic E-state index is 0.946. The van der Waals surface area contributed by atoms with Gasteiger partial charge in [0.1, 0.15) is 0 Å². The third-order valence-corrected chi connectivity index (χ3v) is 2.33. The second-order valence-electron chi connectivity index (χ2n) is 4.00. The summed E-state index contributed by atoms with van der Waals surface area (Å²) in [4.78, 5) is 0. The fourth-order valence-corrected chi connectivity index (χ4v) is 1.35. The monoisotopic (exact) mass is 243 g/mol. The topological polar surface area (TPSA) is 12.0 Å². The molecular formula is C17H25N. The molecule has 0 saturated carbocycles. The van der Waals surface area contributed by atoms with Gasteiger partial charge < -0.3 is 5.32 Å². The van der Waals surface area contributed by atoms with E-state index in [-0.39, 0.29) is 0 Å². The van der Waals surface area contributed by atoms with Gasteiger partial charge in [0.25, 0.3) is 0 Å². The Kier molecular flexibility index (Phi) is 10.8. The molecule has 1 aromatic carbocycles. The Morgan fingerprint density at radius 2 is 1.89 bits per heavy atom. The van der Waals surface area contributed by atoms with Crippen LogP contribution in [0.25, 0.3) is 0 Å². The van der Waals surface area contributed by atoms with Gasteiger partial charge in [-0.15, -0.1) is 0 Å². The summed E-state index contributed by atoms with van der Waals surface area (Å²) in [6.45, 7) is 8.77. The van der Waals surface area contributed by atoms with E-state index in [1.807, 2.05) is 25.3 Å². The van der Waals surface area contributed by atoms with Gasteiger partial charge >= 0.3 is 0 Å². The van der Waals surface area contributed by atoms with Crippen molar-refractivity contribution in [2.45, 2.75) is 20.3 Å². The minimum Gasteiger partial charge on any atom is -0.316 e. The molecule has 1 rings (SSSR count). The summed E-state index contributed by atoms with van der Waals surface area (Å²) in [7, 11) is 1.94. The van der Waals surface area contributed by atoms with Crippen molar-refractivity contribution < 1.29 is 0 Å². The van der Waals surface area contributed by atoms with E-state index < -0.39 is 0 Å². The van der Waals surface area contributed by atoms with Crippen molar-refractivity contribution in [2.75, 3.05) is 13.6 Å². The average Bonchev–Trinajstić information content (AvgIpc) is 2.41. The molecule has 0 atom stereocenters. The number of rotatable bonds is 5. The molecular weight excluding hydrogens is 218 g/mol. The van der Waals surface area contributed by atoms with Gasteiger partial charge in [0, 0.05) is 6.54 Å². The van der Waals surface area contributed by atoms with Crippen LogP contribution in [0, 0.1) is 0 Å². The van der Waals surface area contributed by atoms with Crippen LogP contribution in [0.4, 0.5) is 0 Å². The molecule has 1 nitrogen and oxygen atoms in total. The summed E-state index contributed by atoms with van der Waals surface area (Å²) >= 11 is 0. The maximum absolute atomic E-state index is 3.57. The fraction of sp³-hybridized carbons (Fsp3) is 0.294.